The van der Waals surface area contributed by atoms with E-state index in [0.29, 0.717) is 6.41 Å². The molecule has 1 aromatic rings. The standard InChI is InChI=1S/C8H6ClN3O5S.K/c1-3(14)17-12-5(7(15)16)4-6(9)18-8(11-4)10-2-13;/h2H,1H3,(H,15,16)(H,10,11,13);/q;+1/p-1/b12-5-;. The Bertz CT molecular complexity index is 532. The van der Waals surface area contributed by atoms with Crippen LogP contribution in [0.3, 0.4) is 0 Å². The van der Waals surface area contributed by atoms with Crippen LogP contribution in [0.15, 0.2) is 5.16 Å². The zero-order valence-corrected chi connectivity index (χ0v) is 14.5. The van der Waals surface area contributed by atoms with Gasteiger partial charge >= 0.3 is 57.4 Å². The Hall–Kier alpha value is -0.364. The summed E-state index contributed by atoms with van der Waals surface area (Å²) in [7, 11) is 0. The number of rotatable bonds is 5. The first-order valence-electron chi connectivity index (χ1n) is 4.29. The zero-order chi connectivity index (χ0) is 13.7. The fourth-order valence-corrected chi connectivity index (χ4v) is 1.85. The van der Waals surface area contributed by atoms with Gasteiger partial charge < -0.3 is 20.1 Å². The Balaban J connectivity index is 0.00000324. The van der Waals surface area contributed by atoms with Crippen LogP contribution >= 0.6 is 22.9 Å². The number of hydrogen-bond acceptors (Lipinski definition) is 8. The van der Waals surface area contributed by atoms with Crippen LogP contribution in [-0.4, -0.2) is 29.0 Å². The van der Waals surface area contributed by atoms with Gasteiger partial charge in [0.25, 0.3) is 0 Å². The number of carboxylic acids is 1. The topological polar surface area (TPSA) is 121 Å². The first-order valence-corrected chi connectivity index (χ1v) is 5.49. The largest absolute Gasteiger partial charge is 1.00 e. The van der Waals surface area contributed by atoms with Gasteiger partial charge in [0.2, 0.25) is 6.41 Å². The second kappa shape index (κ2) is 8.74. The van der Waals surface area contributed by atoms with E-state index in [1.54, 1.807) is 0 Å². The quantitative estimate of drug-likeness (QED) is 0.196. The predicted octanol–water partition coefficient (Wildman–Crippen LogP) is -3.61. The molecule has 0 atom stereocenters. The van der Waals surface area contributed by atoms with Gasteiger partial charge in [-0.2, -0.15) is 0 Å². The molecule has 0 saturated carbocycles. The smallest absolute Gasteiger partial charge is 0.543 e. The van der Waals surface area contributed by atoms with Gasteiger partial charge in [0.05, 0.1) is 5.97 Å². The minimum absolute atomic E-state index is 0. The molecule has 19 heavy (non-hydrogen) atoms. The molecule has 96 valence electrons. The van der Waals surface area contributed by atoms with Gasteiger partial charge in [0, 0.05) is 6.92 Å². The first kappa shape index (κ1) is 18.6. The fourth-order valence-electron chi connectivity index (χ4n) is 0.847. The van der Waals surface area contributed by atoms with Gasteiger partial charge in [-0.1, -0.05) is 28.1 Å². The molecule has 1 amide bonds. The van der Waals surface area contributed by atoms with Crippen molar-refractivity contribution in [2.75, 3.05) is 5.32 Å². The molecule has 8 nitrogen and oxygen atoms in total. The van der Waals surface area contributed by atoms with Crippen LogP contribution in [0, 0.1) is 0 Å². The molecule has 0 unspecified atom stereocenters. The van der Waals surface area contributed by atoms with Crippen molar-refractivity contribution in [3.8, 4) is 0 Å². The second-order valence-corrected chi connectivity index (χ2v) is 4.31. The number of carbonyl (C=O) groups excluding carboxylic acids is 3. The number of thiazole rings is 1. The summed E-state index contributed by atoms with van der Waals surface area (Å²) in [6.07, 6.45) is 0.348. The van der Waals surface area contributed by atoms with Crippen LogP contribution in [0.1, 0.15) is 12.6 Å². The molecule has 1 N–H and O–H groups in total. The number of aromatic nitrogens is 1. The second-order valence-electron chi connectivity index (χ2n) is 2.71. The summed E-state index contributed by atoms with van der Waals surface area (Å²) >= 11 is 6.54. The Morgan fingerprint density at radius 2 is 2.21 bits per heavy atom. The normalized spacial score (nSPS) is 10.3. The average Bonchev–Trinajstić information content (AvgIpc) is 2.60. The molecule has 1 rings (SSSR count). The van der Waals surface area contributed by atoms with Crippen LogP contribution in [-0.2, 0) is 19.2 Å². The van der Waals surface area contributed by atoms with Gasteiger partial charge in [-0.25, -0.2) is 9.78 Å². The third kappa shape index (κ3) is 5.65. The van der Waals surface area contributed by atoms with E-state index in [9.17, 15) is 19.5 Å². The number of carbonyl (C=O) groups is 3. The molecule has 0 fully saturated rings. The minimum atomic E-state index is -1.72. The van der Waals surface area contributed by atoms with Gasteiger partial charge in [-0.3, -0.25) is 4.79 Å². The third-order valence-corrected chi connectivity index (χ3v) is 2.64. The molecule has 0 aliphatic carbocycles. The van der Waals surface area contributed by atoms with E-state index >= 15 is 0 Å². The van der Waals surface area contributed by atoms with Crippen LogP contribution in [0.25, 0.3) is 0 Å². The maximum atomic E-state index is 10.8. The van der Waals surface area contributed by atoms with Crippen LogP contribution in [0.4, 0.5) is 5.13 Å². The van der Waals surface area contributed by atoms with Crippen molar-refractivity contribution in [2.45, 2.75) is 6.92 Å². The van der Waals surface area contributed by atoms with Crippen molar-refractivity contribution in [3.63, 3.8) is 0 Å². The average molecular weight is 330 g/mol. The number of nitrogens with one attached hydrogen (secondary N) is 1. The number of aliphatic carboxylic acids is 1. The molecule has 1 aromatic heterocycles. The third-order valence-electron chi connectivity index (χ3n) is 1.45. The Morgan fingerprint density at radius 1 is 1.58 bits per heavy atom. The van der Waals surface area contributed by atoms with Crippen LogP contribution in [0.5, 0.6) is 0 Å². The summed E-state index contributed by atoms with van der Waals surface area (Å²) in [6, 6.07) is 0. The Morgan fingerprint density at radius 3 is 2.68 bits per heavy atom. The number of nitrogens with zero attached hydrogens (tertiary/aromatic N) is 2. The molecule has 1 heterocycles. The van der Waals surface area contributed by atoms with Gasteiger partial charge in [0.15, 0.2) is 10.8 Å². The van der Waals surface area contributed by atoms with Crippen molar-refractivity contribution < 1.29 is 75.7 Å². The first-order chi connectivity index (χ1) is 8.45. The summed E-state index contributed by atoms with van der Waals surface area (Å²) < 4.78 is -0.0468. The van der Waals surface area contributed by atoms with Crippen LogP contribution in [0.2, 0.25) is 4.34 Å². The number of carboxylic acid groups (broad SMARTS) is 1. The molecular weight excluding hydrogens is 325 g/mol. The molecule has 0 aliphatic heterocycles. The maximum Gasteiger partial charge on any atom is 1.00 e. The van der Waals surface area contributed by atoms with E-state index in [0.717, 1.165) is 18.3 Å². The SMILES string of the molecule is CC(=O)O/N=C(\C(=O)[O-])c1nc(NC=O)sc1Cl.[K+]. The van der Waals surface area contributed by atoms with Gasteiger partial charge in [0.1, 0.15) is 10.0 Å². The number of hydrogen-bond donors (Lipinski definition) is 1. The summed E-state index contributed by atoms with van der Waals surface area (Å²) in [5.41, 5.74) is -1.00. The number of halogens is 1. The van der Waals surface area contributed by atoms with Crippen molar-refractivity contribution in [3.05, 3.63) is 10.0 Å². The van der Waals surface area contributed by atoms with Crippen molar-refractivity contribution in [1.29, 1.82) is 0 Å². The van der Waals surface area contributed by atoms with Gasteiger partial charge in [-0.15, -0.1) is 0 Å². The molecular formula is C8H5ClKN3O5S. The van der Waals surface area contributed by atoms with Crippen LogP contribution < -0.4 is 61.8 Å². The van der Waals surface area contributed by atoms with Crippen molar-refractivity contribution in [2.24, 2.45) is 5.16 Å². The zero-order valence-electron chi connectivity index (χ0n) is 9.80. The van der Waals surface area contributed by atoms with E-state index in [2.05, 4.69) is 20.3 Å². The molecule has 0 bridgehead atoms. The number of amides is 1. The summed E-state index contributed by atoms with van der Waals surface area (Å²) in [5.74, 6) is -2.53. The molecule has 0 radical (unpaired) electrons. The fraction of sp³-hybridized carbons (Fsp3) is 0.125. The van der Waals surface area contributed by atoms with E-state index in [4.69, 9.17) is 11.6 Å². The Kier molecular flexibility index (Phi) is 8.57. The van der Waals surface area contributed by atoms with E-state index in [-0.39, 0.29) is 66.5 Å². The molecule has 0 aromatic carbocycles. The molecule has 11 heteroatoms. The molecule has 0 spiro atoms. The Labute approximate surface area is 158 Å². The van der Waals surface area contributed by atoms with E-state index in [1.807, 2.05) is 0 Å². The van der Waals surface area contributed by atoms with E-state index in [1.165, 1.54) is 0 Å². The monoisotopic (exact) mass is 329 g/mol. The number of anilines is 1. The maximum absolute atomic E-state index is 10.8. The van der Waals surface area contributed by atoms with E-state index < -0.39 is 17.7 Å². The van der Waals surface area contributed by atoms with Crippen molar-refractivity contribution >= 4 is 52.1 Å². The predicted molar refractivity (Wildman–Crippen MR) is 60.1 cm³/mol. The summed E-state index contributed by atoms with van der Waals surface area (Å²) in [4.78, 5) is 39.4. The molecule has 0 saturated heterocycles. The number of oxime groups is 1. The minimum Gasteiger partial charge on any atom is -0.543 e. The molecule has 0 aliphatic rings. The summed E-state index contributed by atoms with van der Waals surface area (Å²) in [5, 5.41) is 16.2. The summed E-state index contributed by atoms with van der Waals surface area (Å²) in [6.45, 7) is 1.04. The van der Waals surface area contributed by atoms with Crippen molar-refractivity contribution in [1.82, 2.24) is 4.98 Å². The van der Waals surface area contributed by atoms with Gasteiger partial charge in [-0.05, 0) is 0 Å².